The lowest BCUT2D eigenvalue weighted by Gasteiger charge is -2.33. The van der Waals surface area contributed by atoms with E-state index in [9.17, 15) is 13.2 Å². The highest BCUT2D eigenvalue weighted by Crippen LogP contribution is 2.26. The van der Waals surface area contributed by atoms with Gasteiger partial charge in [0.1, 0.15) is 0 Å². The third-order valence-electron chi connectivity index (χ3n) is 5.75. The van der Waals surface area contributed by atoms with Crippen LogP contribution in [0.2, 0.25) is 0 Å². The normalized spacial score (nSPS) is 15.4. The Bertz CT molecular complexity index is 1200. The summed E-state index contributed by atoms with van der Waals surface area (Å²) >= 11 is 1.66. The number of hydrogen-bond acceptors (Lipinski definition) is 7. The van der Waals surface area contributed by atoms with Gasteiger partial charge in [0, 0.05) is 42.6 Å². The average Bonchev–Trinajstić information content (AvgIpc) is 3.25. The Hall–Kier alpha value is -2.52. The molecule has 164 valence electrons. The van der Waals surface area contributed by atoms with Crippen molar-refractivity contribution in [2.45, 2.75) is 31.2 Å². The second kappa shape index (κ2) is 8.55. The lowest BCUT2D eigenvalue weighted by atomic mass is 9.95. The summed E-state index contributed by atoms with van der Waals surface area (Å²) in [6.45, 7) is 3.94. The largest absolute Gasteiger partial charge is 0.341 e. The highest BCUT2D eigenvalue weighted by molar-refractivity contribution is 7.90. The van der Waals surface area contributed by atoms with Crippen LogP contribution < -0.4 is 4.90 Å². The molecule has 0 spiro atoms. The topological polar surface area (TPSA) is 83.5 Å². The number of carbonyl (C=O) groups is 1. The van der Waals surface area contributed by atoms with Crippen molar-refractivity contribution in [3.8, 4) is 0 Å². The Kier molecular flexibility index (Phi) is 5.98. The molecular formula is C22H26N4O3S2. The van der Waals surface area contributed by atoms with Gasteiger partial charge in [-0.05, 0) is 49.4 Å². The van der Waals surface area contributed by atoms with Gasteiger partial charge in [0.05, 0.1) is 22.7 Å². The number of aromatic nitrogens is 2. The molecule has 1 aromatic carbocycles. The number of anilines is 1. The molecule has 0 atom stereocenters. The lowest BCUT2D eigenvalue weighted by molar-refractivity contribution is -0.135. The van der Waals surface area contributed by atoms with Gasteiger partial charge in [-0.3, -0.25) is 4.79 Å². The van der Waals surface area contributed by atoms with Crippen LogP contribution in [0.5, 0.6) is 0 Å². The third-order valence-corrected chi connectivity index (χ3v) is 7.72. The summed E-state index contributed by atoms with van der Waals surface area (Å²) in [6, 6.07) is 9.02. The van der Waals surface area contributed by atoms with Crippen LogP contribution in [-0.4, -0.2) is 55.6 Å². The molecule has 0 unspecified atom stereocenters. The summed E-state index contributed by atoms with van der Waals surface area (Å²) < 4.78 is 23.8. The Morgan fingerprint density at radius 1 is 1.23 bits per heavy atom. The van der Waals surface area contributed by atoms with Crippen molar-refractivity contribution in [1.29, 1.82) is 0 Å². The fourth-order valence-corrected chi connectivity index (χ4v) is 5.38. The Balaban J connectivity index is 1.47. The summed E-state index contributed by atoms with van der Waals surface area (Å²) in [4.78, 5) is 27.5. The summed E-state index contributed by atoms with van der Waals surface area (Å²) in [5.41, 5.74) is 1.44. The lowest BCUT2D eigenvalue weighted by Crippen LogP contribution is -2.41. The zero-order chi connectivity index (χ0) is 22.2. The molecule has 31 heavy (non-hydrogen) atoms. The first-order valence-corrected chi connectivity index (χ1v) is 13.0. The molecule has 3 aromatic rings. The van der Waals surface area contributed by atoms with Crippen molar-refractivity contribution in [2.24, 2.45) is 5.92 Å². The number of carbonyl (C=O) groups excluding carboxylic acids is 1. The molecule has 0 aliphatic carbocycles. The van der Waals surface area contributed by atoms with E-state index < -0.39 is 9.84 Å². The maximum atomic E-state index is 12.9. The maximum Gasteiger partial charge on any atom is 0.226 e. The minimum absolute atomic E-state index is 0.000368. The van der Waals surface area contributed by atoms with Crippen molar-refractivity contribution < 1.29 is 13.2 Å². The van der Waals surface area contributed by atoms with Crippen molar-refractivity contribution >= 4 is 43.9 Å². The van der Waals surface area contributed by atoms with E-state index in [0.29, 0.717) is 31.1 Å². The number of fused-ring (bicyclic) bond motifs is 1. The van der Waals surface area contributed by atoms with Gasteiger partial charge in [-0.2, -0.15) is 0 Å². The number of amides is 1. The Morgan fingerprint density at radius 2 is 1.97 bits per heavy atom. The van der Waals surface area contributed by atoms with Gasteiger partial charge in [0.15, 0.2) is 9.84 Å². The van der Waals surface area contributed by atoms with Gasteiger partial charge >= 0.3 is 0 Å². The second-order valence-corrected chi connectivity index (χ2v) is 11.1. The number of thiophene rings is 1. The minimum atomic E-state index is -3.30. The van der Waals surface area contributed by atoms with E-state index in [-0.39, 0.29) is 16.7 Å². The van der Waals surface area contributed by atoms with E-state index in [1.54, 1.807) is 29.5 Å². The summed E-state index contributed by atoms with van der Waals surface area (Å²) in [5.74, 6) is 0.773. The van der Waals surface area contributed by atoms with E-state index in [1.165, 1.54) is 11.1 Å². The molecule has 2 aromatic heterocycles. The summed E-state index contributed by atoms with van der Waals surface area (Å²) in [7, 11) is -1.44. The number of aryl methyl sites for hydroxylation is 1. The molecule has 0 radical (unpaired) electrons. The number of piperidine rings is 1. The predicted octanol–water partition coefficient (Wildman–Crippen LogP) is 3.28. The number of sulfone groups is 1. The van der Waals surface area contributed by atoms with Crippen LogP contribution >= 0.6 is 11.3 Å². The van der Waals surface area contributed by atoms with Crippen LogP contribution in [0, 0.1) is 12.8 Å². The van der Waals surface area contributed by atoms with E-state index in [4.69, 9.17) is 0 Å². The van der Waals surface area contributed by atoms with Gasteiger partial charge in [0.2, 0.25) is 11.9 Å². The Morgan fingerprint density at radius 3 is 2.61 bits per heavy atom. The third kappa shape index (κ3) is 4.72. The van der Waals surface area contributed by atoms with Crippen LogP contribution in [-0.2, 0) is 21.2 Å². The highest BCUT2D eigenvalue weighted by atomic mass is 32.2. The predicted molar refractivity (Wildman–Crippen MR) is 123 cm³/mol. The van der Waals surface area contributed by atoms with E-state index in [1.807, 2.05) is 36.4 Å². The summed E-state index contributed by atoms with van der Waals surface area (Å²) in [6.07, 6.45) is 2.69. The van der Waals surface area contributed by atoms with E-state index in [2.05, 4.69) is 14.9 Å². The molecule has 0 saturated carbocycles. The minimum Gasteiger partial charge on any atom is -0.341 e. The quantitative estimate of drug-likeness (QED) is 0.584. The van der Waals surface area contributed by atoms with Crippen LogP contribution in [0.1, 0.15) is 23.4 Å². The van der Waals surface area contributed by atoms with E-state index in [0.717, 1.165) is 23.9 Å². The first-order chi connectivity index (χ1) is 14.7. The molecule has 1 saturated heterocycles. The molecule has 1 fully saturated rings. The standard InChI is InChI=1S/C22H26N4O3S2/c1-15-19-7-6-18(31(3,28)29)13-20(19)24-22(23-15)26-10-8-16(9-11-26)21(27)25(2)14-17-5-4-12-30-17/h4-7,12-13,16H,8-11,14H2,1-3H3. The molecule has 1 aliphatic heterocycles. The zero-order valence-corrected chi connectivity index (χ0v) is 19.5. The van der Waals surface area contributed by atoms with Crippen molar-refractivity contribution in [3.05, 3.63) is 46.3 Å². The highest BCUT2D eigenvalue weighted by Gasteiger charge is 2.28. The molecular weight excluding hydrogens is 432 g/mol. The average molecular weight is 459 g/mol. The fourth-order valence-electron chi connectivity index (χ4n) is 3.98. The molecule has 3 heterocycles. The van der Waals surface area contributed by atoms with Crippen LogP contribution in [0.15, 0.2) is 40.6 Å². The van der Waals surface area contributed by atoms with Crippen molar-refractivity contribution in [1.82, 2.24) is 14.9 Å². The number of rotatable bonds is 5. The molecule has 0 N–H and O–H groups in total. The van der Waals surface area contributed by atoms with Gasteiger partial charge in [-0.25, -0.2) is 18.4 Å². The van der Waals surface area contributed by atoms with Gasteiger partial charge in [-0.1, -0.05) is 6.07 Å². The Labute approximate surface area is 186 Å². The molecule has 4 rings (SSSR count). The fraction of sp³-hybridized carbons (Fsp3) is 0.409. The molecule has 0 bridgehead atoms. The molecule has 9 heteroatoms. The number of hydrogen-bond donors (Lipinski definition) is 0. The monoisotopic (exact) mass is 458 g/mol. The number of benzene rings is 1. The second-order valence-electron chi connectivity index (χ2n) is 8.10. The van der Waals surface area contributed by atoms with Gasteiger partial charge < -0.3 is 9.80 Å². The van der Waals surface area contributed by atoms with Gasteiger partial charge in [0.25, 0.3) is 0 Å². The summed E-state index contributed by atoms with van der Waals surface area (Å²) in [5, 5.41) is 2.87. The molecule has 1 aliphatic rings. The van der Waals surface area contributed by atoms with Crippen molar-refractivity contribution in [3.63, 3.8) is 0 Å². The maximum absolute atomic E-state index is 12.9. The number of nitrogens with zero attached hydrogens (tertiary/aromatic N) is 4. The first-order valence-electron chi connectivity index (χ1n) is 10.2. The SMILES string of the molecule is Cc1nc(N2CCC(C(=O)N(C)Cc3cccs3)CC2)nc2cc(S(C)(=O)=O)ccc12. The van der Waals surface area contributed by atoms with Crippen LogP contribution in [0.3, 0.4) is 0 Å². The van der Waals surface area contributed by atoms with E-state index >= 15 is 0 Å². The zero-order valence-electron chi connectivity index (χ0n) is 17.9. The molecule has 7 nitrogen and oxygen atoms in total. The smallest absolute Gasteiger partial charge is 0.226 e. The van der Waals surface area contributed by atoms with Crippen LogP contribution in [0.4, 0.5) is 5.95 Å². The molecule has 1 amide bonds. The van der Waals surface area contributed by atoms with Gasteiger partial charge in [-0.15, -0.1) is 11.3 Å². The van der Waals surface area contributed by atoms with Crippen LogP contribution in [0.25, 0.3) is 10.9 Å². The first kappa shape index (κ1) is 21.7. The van der Waals surface area contributed by atoms with Crippen molar-refractivity contribution in [2.75, 3.05) is 31.3 Å².